The molecule has 0 fully saturated rings. The Morgan fingerprint density at radius 2 is 1.55 bits per heavy atom. The summed E-state index contributed by atoms with van der Waals surface area (Å²) in [5, 5.41) is 1.10. The van der Waals surface area contributed by atoms with Gasteiger partial charge < -0.3 is 9.72 Å². The highest BCUT2D eigenvalue weighted by atomic mass is 16.5. The molecule has 1 aliphatic rings. The highest BCUT2D eigenvalue weighted by Gasteiger charge is 2.50. The van der Waals surface area contributed by atoms with Crippen molar-refractivity contribution >= 4 is 16.7 Å². The largest absolute Gasteiger partial charge is 0.497 e. The monoisotopic (exact) mass is 379 g/mol. The number of hydrogen-bond donors (Lipinski definition) is 1. The number of allylic oxidation sites excluding steroid dienone is 2. The number of benzene rings is 3. The zero-order valence-electron chi connectivity index (χ0n) is 16.1. The molecule has 29 heavy (non-hydrogen) atoms. The number of methoxy groups -OCH3 is 1. The molecule has 1 N–H and O–H groups in total. The molecule has 1 atom stereocenters. The van der Waals surface area contributed by atoms with Crippen LogP contribution in [0.15, 0.2) is 97.2 Å². The molecule has 0 amide bonds. The van der Waals surface area contributed by atoms with Gasteiger partial charge >= 0.3 is 0 Å². The van der Waals surface area contributed by atoms with E-state index >= 15 is 0 Å². The Hall–Kier alpha value is -3.59. The minimum absolute atomic E-state index is 0.109. The van der Waals surface area contributed by atoms with Crippen LogP contribution in [0.2, 0.25) is 0 Å². The first kappa shape index (κ1) is 17.5. The van der Waals surface area contributed by atoms with Gasteiger partial charge in [-0.1, -0.05) is 66.7 Å². The fourth-order valence-corrected chi connectivity index (χ4v) is 4.67. The highest BCUT2D eigenvalue weighted by Crippen LogP contribution is 2.51. The van der Waals surface area contributed by atoms with Crippen LogP contribution in [0.4, 0.5) is 0 Å². The summed E-state index contributed by atoms with van der Waals surface area (Å²) >= 11 is 0. The molecular weight excluding hydrogens is 358 g/mol. The average Bonchev–Trinajstić information content (AvgIpc) is 3.35. The summed E-state index contributed by atoms with van der Waals surface area (Å²) in [5.74, 6) is 0.811. The van der Waals surface area contributed by atoms with Crippen molar-refractivity contribution < 1.29 is 9.53 Å². The van der Waals surface area contributed by atoms with Crippen molar-refractivity contribution in [2.45, 2.75) is 11.3 Å². The number of hydrogen-bond acceptors (Lipinski definition) is 2. The second kappa shape index (κ2) is 6.78. The lowest BCUT2D eigenvalue weighted by atomic mass is 9.64. The van der Waals surface area contributed by atoms with Gasteiger partial charge in [-0.25, -0.2) is 0 Å². The maximum absolute atomic E-state index is 13.5. The topological polar surface area (TPSA) is 42.1 Å². The van der Waals surface area contributed by atoms with Crippen LogP contribution in [0.1, 0.15) is 22.6 Å². The van der Waals surface area contributed by atoms with E-state index in [9.17, 15) is 4.79 Å². The van der Waals surface area contributed by atoms with Gasteiger partial charge in [0.05, 0.1) is 12.5 Å². The normalized spacial score (nSPS) is 17.7. The lowest BCUT2D eigenvalue weighted by molar-refractivity contribution is -0.118. The SMILES string of the molecule is COc1ccc2c([C@H]3C=CC(=O)C3(c3ccccc3)c3ccccc3)c[nH]c2c1. The standard InChI is InChI=1S/C26H21NO2/c1-29-20-12-13-21-22(17-27-24(21)16-20)23-14-15-25(28)26(23,18-8-4-2-5-9-18)19-10-6-3-7-11-19/h2-17,23,27H,1H3/t23-/m1/s1. The minimum atomic E-state index is -0.780. The molecule has 0 radical (unpaired) electrons. The lowest BCUT2D eigenvalue weighted by Crippen LogP contribution is -2.38. The van der Waals surface area contributed by atoms with Gasteiger partial charge in [0.2, 0.25) is 0 Å². The van der Waals surface area contributed by atoms with Crippen molar-refractivity contribution in [1.29, 1.82) is 0 Å². The van der Waals surface area contributed by atoms with Gasteiger partial charge in [-0.3, -0.25) is 4.79 Å². The highest BCUT2D eigenvalue weighted by molar-refractivity contribution is 6.07. The summed E-state index contributed by atoms with van der Waals surface area (Å²) in [5.41, 5.74) is 3.35. The number of H-pyrrole nitrogens is 1. The Morgan fingerprint density at radius 3 is 2.17 bits per heavy atom. The number of ether oxygens (including phenoxy) is 1. The third kappa shape index (κ3) is 2.54. The summed E-state index contributed by atoms with van der Waals surface area (Å²) in [6.07, 6.45) is 5.82. The van der Waals surface area contributed by atoms with E-state index < -0.39 is 5.41 Å². The Bertz CT molecular complexity index is 1170. The fourth-order valence-electron chi connectivity index (χ4n) is 4.67. The Morgan fingerprint density at radius 1 is 0.897 bits per heavy atom. The van der Waals surface area contributed by atoms with Crippen molar-refractivity contribution in [3.05, 3.63) is 114 Å². The molecule has 4 aromatic rings. The number of fused-ring (bicyclic) bond motifs is 1. The summed E-state index contributed by atoms with van der Waals surface area (Å²) in [6, 6.07) is 26.2. The predicted molar refractivity (Wildman–Crippen MR) is 115 cm³/mol. The van der Waals surface area contributed by atoms with Gasteiger partial charge in [0.15, 0.2) is 5.78 Å². The molecule has 1 heterocycles. The van der Waals surface area contributed by atoms with E-state index in [1.54, 1.807) is 13.2 Å². The molecule has 3 nitrogen and oxygen atoms in total. The minimum Gasteiger partial charge on any atom is -0.497 e. The summed E-state index contributed by atoms with van der Waals surface area (Å²) in [4.78, 5) is 16.9. The molecule has 1 aliphatic carbocycles. The van der Waals surface area contributed by atoms with Crippen LogP contribution >= 0.6 is 0 Å². The van der Waals surface area contributed by atoms with Gasteiger partial charge in [-0.05, 0) is 34.9 Å². The molecule has 0 saturated heterocycles. The molecule has 0 spiro atoms. The van der Waals surface area contributed by atoms with Gasteiger partial charge in [0.1, 0.15) is 5.75 Å². The number of aromatic amines is 1. The molecule has 0 unspecified atom stereocenters. The first-order chi connectivity index (χ1) is 14.2. The van der Waals surface area contributed by atoms with Gasteiger partial charge in [0, 0.05) is 29.1 Å². The molecule has 142 valence electrons. The zero-order chi connectivity index (χ0) is 19.8. The number of rotatable bonds is 4. The zero-order valence-corrected chi connectivity index (χ0v) is 16.1. The Kier molecular flexibility index (Phi) is 4.09. The quantitative estimate of drug-likeness (QED) is 0.517. The third-order valence-electron chi connectivity index (χ3n) is 6.01. The van der Waals surface area contributed by atoms with E-state index in [1.807, 2.05) is 54.7 Å². The average molecular weight is 379 g/mol. The first-order valence-corrected chi connectivity index (χ1v) is 9.74. The van der Waals surface area contributed by atoms with Crippen LogP contribution in [0, 0.1) is 0 Å². The second-order valence-electron chi connectivity index (χ2n) is 7.40. The molecular formula is C26H21NO2. The van der Waals surface area contributed by atoms with Crippen LogP contribution in [-0.4, -0.2) is 17.9 Å². The van der Waals surface area contributed by atoms with Crippen molar-refractivity contribution in [1.82, 2.24) is 4.98 Å². The van der Waals surface area contributed by atoms with Crippen LogP contribution in [0.25, 0.3) is 10.9 Å². The number of ketones is 1. The van der Waals surface area contributed by atoms with Crippen LogP contribution < -0.4 is 4.74 Å². The van der Waals surface area contributed by atoms with Crippen molar-refractivity contribution in [3.63, 3.8) is 0 Å². The third-order valence-corrected chi connectivity index (χ3v) is 6.01. The summed E-state index contributed by atoms with van der Waals surface area (Å²) in [6.45, 7) is 0. The molecule has 0 bridgehead atoms. The molecule has 5 rings (SSSR count). The number of aromatic nitrogens is 1. The van der Waals surface area contributed by atoms with Gasteiger partial charge in [0.25, 0.3) is 0 Å². The van der Waals surface area contributed by atoms with E-state index in [0.717, 1.165) is 33.3 Å². The van der Waals surface area contributed by atoms with E-state index in [0.29, 0.717) is 0 Å². The van der Waals surface area contributed by atoms with Crippen molar-refractivity contribution in [3.8, 4) is 5.75 Å². The molecule has 3 heteroatoms. The maximum atomic E-state index is 13.5. The smallest absolute Gasteiger partial charge is 0.171 e. The summed E-state index contributed by atoms with van der Waals surface area (Å²) in [7, 11) is 1.67. The van der Waals surface area contributed by atoms with Crippen LogP contribution in [0.3, 0.4) is 0 Å². The Balaban J connectivity index is 1.78. The molecule has 3 aromatic carbocycles. The Labute approximate surface area is 169 Å². The lowest BCUT2D eigenvalue weighted by Gasteiger charge is -2.35. The van der Waals surface area contributed by atoms with Crippen molar-refractivity contribution in [2.75, 3.05) is 7.11 Å². The van der Waals surface area contributed by atoms with E-state index in [2.05, 4.69) is 41.4 Å². The number of carbonyl (C=O) groups excluding carboxylic acids is 1. The van der Waals surface area contributed by atoms with Gasteiger partial charge in [-0.15, -0.1) is 0 Å². The van der Waals surface area contributed by atoms with E-state index in [-0.39, 0.29) is 11.7 Å². The molecule has 0 aliphatic heterocycles. The molecule has 1 aromatic heterocycles. The number of nitrogens with one attached hydrogen (secondary N) is 1. The maximum Gasteiger partial charge on any atom is 0.171 e. The number of carbonyl (C=O) groups is 1. The fraction of sp³-hybridized carbons (Fsp3) is 0.115. The second-order valence-corrected chi connectivity index (χ2v) is 7.40. The first-order valence-electron chi connectivity index (χ1n) is 9.74. The van der Waals surface area contributed by atoms with Crippen molar-refractivity contribution in [2.24, 2.45) is 0 Å². The predicted octanol–water partition coefficient (Wildman–Crippen LogP) is 5.39. The van der Waals surface area contributed by atoms with Crippen LogP contribution in [0.5, 0.6) is 5.75 Å². The van der Waals surface area contributed by atoms with E-state index in [1.165, 1.54) is 0 Å². The summed E-state index contributed by atoms with van der Waals surface area (Å²) < 4.78 is 5.37. The van der Waals surface area contributed by atoms with Gasteiger partial charge in [-0.2, -0.15) is 0 Å². The van der Waals surface area contributed by atoms with Crippen LogP contribution in [-0.2, 0) is 10.2 Å². The van der Waals surface area contributed by atoms with E-state index in [4.69, 9.17) is 4.74 Å². The molecule has 0 saturated carbocycles.